The van der Waals surface area contributed by atoms with Gasteiger partial charge in [-0.15, -0.1) is 11.3 Å². The lowest BCUT2D eigenvalue weighted by atomic mass is 9.73. The number of nitriles is 1. The summed E-state index contributed by atoms with van der Waals surface area (Å²) >= 11 is 1.75. The molecular formula is C15H22N2S. The Hall–Kier alpha value is -0.880. The number of aryl methyl sites for hydroxylation is 1. The highest BCUT2D eigenvalue weighted by Gasteiger charge is 2.33. The van der Waals surface area contributed by atoms with Crippen LogP contribution in [0.4, 0.5) is 0 Å². The summed E-state index contributed by atoms with van der Waals surface area (Å²) in [5.74, 6) is 0.739. The normalized spacial score (nSPS) is 20.3. The molecule has 98 valence electrons. The Morgan fingerprint density at radius 1 is 1.28 bits per heavy atom. The molecule has 1 heterocycles. The molecule has 3 heteroatoms. The topological polar surface area (TPSA) is 36.7 Å². The van der Waals surface area contributed by atoms with Crippen LogP contribution in [0.15, 0.2) is 0 Å². The molecule has 0 aliphatic heterocycles. The van der Waals surface area contributed by atoms with Crippen molar-refractivity contribution in [1.82, 2.24) is 4.98 Å². The number of fused-ring (bicyclic) bond motifs is 1. The van der Waals surface area contributed by atoms with Gasteiger partial charge in [-0.2, -0.15) is 5.26 Å². The molecule has 0 saturated carbocycles. The Labute approximate surface area is 114 Å². The Kier molecular flexibility index (Phi) is 3.27. The van der Waals surface area contributed by atoms with Crippen LogP contribution in [0.25, 0.3) is 0 Å². The second kappa shape index (κ2) is 4.35. The lowest BCUT2D eigenvalue weighted by Gasteiger charge is -2.33. The van der Waals surface area contributed by atoms with Crippen molar-refractivity contribution in [2.45, 2.75) is 59.3 Å². The Morgan fingerprint density at radius 3 is 2.50 bits per heavy atom. The van der Waals surface area contributed by atoms with Gasteiger partial charge in [0.05, 0.1) is 11.8 Å². The van der Waals surface area contributed by atoms with Gasteiger partial charge in [0.25, 0.3) is 0 Å². The molecule has 0 fully saturated rings. The number of thiazole rings is 1. The van der Waals surface area contributed by atoms with Crippen LogP contribution in [-0.4, -0.2) is 4.98 Å². The smallest absolute Gasteiger partial charge is 0.113 e. The van der Waals surface area contributed by atoms with E-state index in [1.54, 1.807) is 11.3 Å². The van der Waals surface area contributed by atoms with Crippen molar-refractivity contribution in [3.63, 3.8) is 0 Å². The summed E-state index contributed by atoms with van der Waals surface area (Å²) in [5.41, 5.74) is 1.17. The minimum Gasteiger partial charge on any atom is -0.244 e. The third kappa shape index (κ3) is 2.44. The van der Waals surface area contributed by atoms with Crippen molar-refractivity contribution in [3.8, 4) is 6.07 Å². The summed E-state index contributed by atoms with van der Waals surface area (Å²) in [4.78, 5) is 6.12. The van der Waals surface area contributed by atoms with Crippen LogP contribution in [0, 0.1) is 22.7 Å². The van der Waals surface area contributed by atoms with Gasteiger partial charge < -0.3 is 0 Å². The molecule has 2 nitrogen and oxygen atoms in total. The maximum atomic E-state index is 9.21. The van der Waals surface area contributed by atoms with Crippen LogP contribution in [0.1, 0.15) is 56.6 Å². The van der Waals surface area contributed by atoms with Crippen LogP contribution >= 0.6 is 11.3 Å². The molecule has 0 bridgehead atoms. The van der Waals surface area contributed by atoms with Gasteiger partial charge in [-0.05, 0) is 44.4 Å². The molecule has 2 rings (SSSR count). The van der Waals surface area contributed by atoms with E-state index < -0.39 is 5.41 Å². The number of nitrogens with zero attached hydrogens (tertiary/aromatic N) is 2. The summed E-state index contributed by atoms with van der Waals surface area (Å²) in [6.45, 7) is 10.9. The first-order valence-electron chi connectivity index (χ1n) is 6.64. The van der Waals surface area contributed by atoms with Gasteiger partial charge in [-0.1, -0.05) is 20.8 Å². The lowest BCUT2D eigenvalue weighted by Crippen LogP contribution is -2.26. The van der Waals surface area contributed by atoms with Crippen molar-refractivity contribution >= 4 is 11.3 Å². The van der Waals surface area contributed by atoms with E-state index in [-0.39, 0.29) is 0 Å². The van der Waals surface area contributed by atoms with Crippen LogP contribution in [0.3, 0.4) is 0 Å². The van der Waals surface area contributed by atoms with E-state index >= 15 is 0 Å². The first-order valence-corrected chi connectivity index (χ1v) is 7.46. The summed E-state index contributed by atoms with van der Waals surface area (Å²) in [6, 6.07) is 2.36. The Bertz CT molecular complexity index is 486. The second-order valence-electron chi connectivity index (χ2n) is 6.93. The predicted octanol–water partition coefficient (Wildman–Crippen LogP) is 4.10. The van der Waals surface area contributed by atoms with E-state index in [9.17, 15) is 5.26 Å². The molecule has 1 aromatic rings. The molecule has 1 aliphatic rings. The SMILES string of the molecule is CC(C)(C#N)c1nc2c(s1)CC(C(C)(C)C)CC2. The van der Waals surface area contributed by atoms with Crippen LogP contribution in [0.2, 0.25) is 0 Å². The zero-order valence-electron chi connectivity index (χ0n) is 12.0. The van der Waals surface area contributed by atoms with E-state index in [1.165, 1.54) is 17.0 Å². The molecule has 1 aromatic heterocycles. The van der Waals surface area contributed by atoms with Crippen LogP contribution in [-0.2, 0) is 18.3 Å². The van der Waals surface area contributed by atoms with Crippen molar-refractivity contribution in [1.29, 1.82) is 5.26 Å². The molecule has 18 heavy (non-hydrogen) atoms. The van der Waals surface area contributed by atoms with Gasteiger partial charge in [0.1, 0.15) is 10.4 Å². The van der Waals surface area contributed by atoms with E-state index in [0.29, 0.717) is 5.41 Å². The number of hydrogen-bond donors (Lipinski definition) is 0. The second-order valence-corrected chi connectivity index (χ2v) is 8.02. The van der Waals surface area contributed by atoms with E-state index in [0.717, 1.165) is 23.8 Å². The molecule has 1 atom stereocenters. The predicted molar refractivity (Wildman–Crippen MR) is 75.7 cm³/mol. The summed E-state index contributed by atoms with van der Waals surface area (Å²) in [5, 5.41) is 10.2. The molecule has 0 amide bonds. The maximum absolute atomic E-state index is 9.21. The molecule has 0 saturated heterocycles. The maximum Gasteiger partial charge on any atom is 0.113 e. The minimum absolute atomic E-state index is 0.368. The first kappa shape index (κ1) is 13.5. The van der Waals surface area contributed by atoms with Crippen molar-refractivity contribution < 1.29 is 0 Å². The average molecular weight is 262 g/mol. The minimum atomic E-state index is -0.445. The van der Waals surface area contributed by atoms with Crippen LogP contribution in [0.5, 0.6) is 0 Å². The van der Waals surface area contributed by atoms with Gasteiger partial charge in [-0.25, -0.2) is 4.98 Å². The van der Waals surface area contributed by atoms with E-state index in [1.807, 2.05) is 13.8 Å². The fraction of sp³-hybridized carbons (Fsp3) is 0.733. The molecule has 0 spiro atoms. The highest BCUT2D eigenvalue weighted by Crippen LogP contribution is 2.40. The molecule has 0 N–H and O–H groups in total. The quantitative estimate of drug-likeness (QED) is 0.764. The largest absolute Gasteiger partial charge is 0.244 e. The molecule has 1 aliphatic carbocycles. The van der Waals surface area contributed by atoms with Crippen molar-refractivity contribution in [2.24, 2.45) is 11.3 Å². The molecule has 1 unspecified atom stereocenters. The summed E-state index contributed by atoms with van der Waals surface area (Å²) in [6.07, 6.45) is 3.44. The van der Waals surface area contributed by atoms with Gasteiger partial charge in [0.15, 0.2) is 0 Å². The highest BCUT2D eigenvalue weighted by atomic mass is 32.1. The summed E-state index contributed by atoms with van der Waals surface area (Å²) < 4.78 is 0. The van der Waals surface area contributed by atoms with E-state index in [4.69, 9.17) is 4.98 Å². The highest BCUT2D eigenvalue weighted by molar-refractivity contribution is 7.12. The van der Waals surface area contributed by atoms with Crippen LogP contribution < -0.4 is 0 Å². The Morgan fingerprint density at radius 2 is 1.94 bits per heavy atom. The van der Waals surface area contributed by atoms with Crippen molar-refractivity contribution in [2.75, 3.05) is 0 Å². The zero-order chi connectivity index (χ0) is 13.6. The van der Waals surface area contributed by atoms with Gasteiger partial charge in [0.2, 0.25) is 0 Å². The number of aromatic nitrogens is 1. The van der Waals surface area contributed by atoms with E-state index in [2.05, 4.69) is 26.8 Å². The standard InChI is InChI=1S/C15H22N2S/c1-14(2,3)10-6-7-11-12(8-10)18-13(17-11)15(4,5)9-16/h10H,6-8H2,1-5H3. The summed E-state index contributed by atoms with van der Waals surface area (Å²) in [7, 11) is 0. The Balaban J connectivity index is 2.28. The lowest BCUT2D eigenvalue weighted by molar-refractivity contribution is 0.217. The number of hydrogen-bond acceptors (Lipinski definition) is 3. The molecule has 0 radical (unpaired) electrons. The zero-order valence-corrected chi connectivity index (χ0v) is 12.8. The number of rotatable bonds is 1. The molecular weight excluding hydrogens is 240 g/mol. The third-order valence-corrected chi connectivity index (χ3v) is 5.42. The molecule has 0 aromatic carbocycles. The fourth-order valence-electron chi connectivity index (χ4n) is 2.43. The van der Waals surface area contributed by atoms with Gasteiger partial charge >= 0.3 is 0 Å². The monoisotopic (exact) mass is 262 g/mol. The fourth-order valence-corrected chi connectivity index (χ4v) is 3.67. The third-order valence-electron chi connectivity index (χ3n) is 3.98. The van der Waals surface area contributed by atoms with Crippen molar-refractivity contribution in [3.05, 3.63) is 15.6 Å². The first-order chi connectivity index (χ1) is 8.24. The van der Waals surface area contributed by atoms with Gasteiger partial charge in [-0.3, -0.25) is 0 Å². The average Bonchev–Trinajstić information content (AvgIpc) is 2.71. The van der Waals surface area contributed by atoms with Gasteiger partial charge in [0, 0.05) is 4.88 Å².